The number of ether oxygens (including phenoxy) is 1. The van der Waals surface area contributed by atoms with Crippen molar-refractivity contribution >= 4 is 23.6 Å². The van der Waals surface area contributed by atoms with Crippen molar-refractivity contribution in [1.82, 2.24) is 20.4 Å². The quantitative estimate of drug-likeness (QED) is 0.662. The van der Waals surface area contributed by atoms with Crippen molar-refractivity contribution in [2.45, 2.75) is 25.3 Å². The zero-order valence-electron chi connectivity index (χ0n) is 20.5. The molecule has 0 spiro atoms. The van der Waals surface area contributed by atoms with Gasteiger partial charge in [0.05, 0.1) is 18.7 Å². The molecule has 0 saturated heterocycles. The molecule has 9 nitrogen and oxygen atoms in total. The second-order valence-corrected chi connectivity index (χ2v) is 8.64. The fraction of sp³-hybridized carbons (Fsp3) is 0.385. The molecule has 0 fully saturated rings. The van der Waals surface area contributed by atoms with Crippen LogP contribution in [0.25, 0.3) is 0 Å². The molecule has 1 aliphatic heterocycles. The molecule has 0 aliphatic carbocycles. The summed E-state index contributed by atoms with van der Waals surface area (Å²) in [5, 5.41) is 5.50. The van der Waals surface area contributed by atoms with Crippen molar-refractivity contribution in [3.63, 3.8) is 0 Å². The molecule has 3 rings (SSSR count). The van der Waals surface area contributed by atoms with E-state index in [2.05, 4.69) is 10.6 Å². The molecule has 1 heterocycles. The highest BCUT2D eigenvalue weighted by atomic mass is 19.1. The molecular formula is C26H31FN4O5. The predicted molar refractivity (Wildman–Crippen MR) is 131 cm³/mol. The van der Waals surface area contributed by atoms with E-state index in [0.29, 0.717) is 12.2 Å². The number of benzene rings is 2. The fourth-order valence-electron chi connectivity index (χ4n) is 3.68. The van der Waals surface area contributed by atoms with Gasteiger partial charge in [-0.15, -0.1) is 0 Å². The van der Waals surface area contributed by atoms with Gasteiger partial charge in [0, 0.05) is 27.1 Å². The fourth-order valence-corrected chi connectivity index (χ4v) is 3.68. The van der Waals surface area contributed by atoms with Crippen LogP contribution in [-0.4, -0.2) is 79.8 Å². The van der Waals surface area contributed by atoms with Crippen molar-refractivity contribution in [3.05, 3.63) is 65.5 Å². The van der Waals surface area contributed by atoms with Gasteiger partial charge < -0.3 is 25.2 Å². The summed E-state index contributed by atoms with van der Waals surface area (Å²) < 4.78 is 18.9. The van der Waals surface area contributed by atoms with Crippen LogP contribution in [-0.2, 0) is 20.8 Å². The molecule has 0 aromatic heterocycles. The lowest BCUT2D eigenvalue weighted by atomic mass is 10.1. The van der Waals surface area contributed by atoms with Crippen LogP contribution in [0.2, 0.25) is 0 Å². The minimum atomic E-state index is -0.986. The lowest BCUT2D eigenvalue weighted by molar-refractivity contribution is -0.139. The van der Waals surface area contributed by atoms with Crippen LogP contribution in [0.5, 0.6) is 5.75 Å². The topological polar surface area (TPSA) is 108 Å². The van der Waals surface area contributed by atoms with Gasteiger partial charge >= 0.3 is 0 Å². The van der Waals surface area contributed by atoms with Gasteiger partial charge in [-0.3, -0.25) is 19.2 Å². The Kier molecular flexibility index (Phi) is 9.38. The third-order valence-electron chi connectivity index (χ3n) is 5.93. The number of hydrogen-bond acceptors (Lipinski definition) is 5. The van der Waals surface area contributed by atoms with Crippen LogP contribution in [0.1, 0.15) is 28.8 Å². The van der Waals surface area contributed by atoms with Gasteiger partial charge in [0.25, 0.3) is 5.91 Å². The van der Waals surface area contributed by atoms with E-state index < -0.39 is 17.9 Å². The minimum Gasteiger partial charge on any atom is -0.491 e. The van der Waals surface area contributed by atoms with E-state index in [1.165, 1.54) is 29.0 Å². The molecule has 2 N–H and O–H groups in total. The summed E-state index contributed by atoms with van der Waals surface area (Å²) in [4.78, 5) is 53.9. The van der Waals surface area contributed by atoms with Crippen LogP contribution in [0.3, 0.4) is 0 Å². The molecule has 0 radical (unpaired) electrons. The van der Waals surface area contributed by atoms with Gasteiger partial charge in [-0.25, -0.2) is 4.39 Å². The van der Waals surface area contributed by atoms with Crippen molar-refractivity contribution in [2.75, 3.05) is 40.3 Å². The number of nitrogens with one attached hydrogen (secondary N) is 2. The number of hydrogen-bond donors (Lipinski definition) is 2. The first kappa shape index (κ1) is 26.7. The average Bonchev–Trinajstić information content (AvgIpc) is 2.87. The van der Waals surface area contributed by atoms with Gasteiger partial charge in [-0.05, 0) is 42.7 Å². The summed E-state index contributed by atoms with van der Waals surface area (Å²) in [7, 11) is 3.14. The number of carbonyl (C=O) groups excluding carboxylic acids is 4. The van der Waals surface area contributed by atoms with E-state index in [0.717, 1.165) is 5.56 Å². The largest absolute Gasteiger partial charge is 0.491 e. The zero-order chi connectivity index (χ0) is 26.1. The van der Waals surface area contributed by atoms with E-state index >= 15 is 0 Å². The lowest BCUT2D eigenvalue weighted by Crippen LogP contribution is -2.48. The summed E-state index contributed by atoms with van der Waals surface area (Å²) in [6, 6.07) is 11.6. The first-order valence-electron chi connectivity index (χ1n) is 11.8. The van der Waals surface area contributed by atoms with Crippen LogP contribution in [0.4, 0.5) is 4.39 Å². The SMILES string of the molecule is CN1CCOc2ccccc2C(=O)N[C@H](C(=O)NCCc2ccc(F)cc2)CCC(=O)N(C)CC1=O. The maximum atomic E-state index is 13.1. The van der Waals surface area contributed by atoms with Gasteiger partial charge in [-0.2, -0.15) is 0 Å². The third-order valence-corrected chi connectivity index (χ3v) is 5.93. The zero-order valence-corrected chi connectivity index (χ0v) is 20.5. The summed E-state index contributed by atoms with van der Waals surface area (Å²) in [5.74, 6) is -1.53. The van der Waals surface area contributed by atoms with Gasteiger partial charge in [0.15, 0.2) is 0 Å². The first-order valence-corrected chi connectivity index (χ1v) is 11.8. The lowest BCUT2D eigenvalue weighted by Gasteiger charge is -2.22. The molecule has 0 unspecified atom stereocenters. The Morgan fingerprint density at radius 3 is 2.53 bits per heavy atom. The van der Waals surface area contributed by atoms with E-state index in [4.69, 9.17) is 4.74 Å². The predicted octanol–water partition coefficient (Wildman–Crippen LogP) is 1.37. The minimum absolute atomic E-state index is 0.0397. The Bertz CT molecular complexity index is 1090. The number of carbonyl (C=O) groups is 4. The summed E-state index contributed by atoms with van der Waals surface area (Å²) >= 11 is 0. The second kappa shape index (κ2) is 12.7. The smallest absolute Gasteiger partial charge is 0.255 e. The van der Waals surface area contributed by atoms with Crippen LogP contribution in [0.15, 0.2) is 48.5 Å². The second-order valence-electron chi connectivity index (χ2n) is 8.64. The van der Waals surface area contributed by atoms with Crippen molar-refractivity contribution < 1.29 is 28.3 Å². The number of amides is 4. The van der Waals surface area contributed by atoms with E-state index in [1.54, 1.807) is 43.4 Å². The van der Waals surface area contributed by atoms with Crippen molar-refractivity contribution in [2.24, 2.45) is 0 Å². The molecular weight excluding hydrogens is 467 g/mol. The Balaban J connectivity index is 1.75. The molecule has 10 heteroatoms. The number of rotatable bonds is 4. The highest BCUT2D eigenvalue weighted by Crippen LogP contribution is 2.18. The summed E-state index contributed by atoms with van der Waals surface area (Å²) in [6.45, 7) is 0.589. The Labute approximate surface area is 209 Å². The van der Waals surface area contributed by atoms with E-state index in [9.17, 15) is 23.6 Å². The maximum absolute atomic E-state index is 13.1. The van der Waals surface area contributed by atoms with Crippen molar-refractivity contribution in [1.29, 1.82) is 0 Å². The van der Waals surface area contributed by atoms with Crippen LogP contribution in [0, 0.1) is 5.82 Å². The summed E-state index contributed by atoms with van der Waals surface area (Å²) in [5.41, 5.74) is 1.09. The average molecular weight is 499 g/mol. The number of halogens is 1. The van der Waals surface area contributed by atoms with Crippen LogP contribution >= 0.6 is 0 Å². The molecule has 2 aromatic carbocycles. The molecule has 192 valence electrons. The standard InChI is InChI=1S/C26H31FN4O5/c1-30-15-16-36-22-6-4-3-5-20(22)25(34)29-21(11-12-23(32)31(2)17-24(30)33)26(35)28-14-13-18-7-9-19(27)10-8-18/h3-10,21H,11-17H2,1-2H3,(H,28,35)(H,29,34)/t21-/m0/s1. The Morgan fingerprint density at radius 1 is 1.06 bits per heavy atom. The molecule has 0 saturated carbocycles. The molecule has 4 amide bonds. The van der Waals surface area contributed by atoms with Crippen LogP contribution < -0.4 is 15.4 Å². The number of fused-ring (bicyclic) bond motifs is 1. The summed E-state index contributed by atoms with van der Waals surface area (Å²) in [6.07, 6.45) is 0.479. The van der Waals surface area contributed by atoms with Crippen molar-refractivity contribution in [3.8, 4) is 5.75 Å². The number of likely N-dealkylation sites (N-methyl/N-ethyl adjacent to an activating group) is 2. The molecule has 0 bridgehead atoms. The molecule has 36 heavy (non-hydrogen) atoms. The third kappa shape index (κ3) is 7.53. The molecule has 2 aromatic rings. The van der Waals surface area contributed by atoms with Gasteiger partial charge in [-0.1, -0.05) is 24.3 Å². The Morgan fingerprint density at radius 2 is 1.78 bits per heavy atom. The number of nitrogens with zero attached hydrogens (tertiary/aromatic N) is 2. The van der Waals surface area contributed by atoms with Gasteiger partial charge in [0.1, 0.15) is 24.2 Å². The highest BCUT2D eigenvalue weighted by Gasteiger charge is 2.25. The Hall–Kier alpha value is -3.95. The number of para-hydroxylation sites is 1. The maximum Gasteiger partial charge on any atom is 0.255 e. The monoisotopic (exact) mass is 498 g/mol. The van der Waals surface area contributed by atoms with E-state index in [-0.39, 0.29) is 62.3 Å². The highest BCUT2D eigenvalue weighted by molar-refractivity contribution is 5.99. The van der Waals surface area contributed by atoms with E-state index in [1.807, 2.05) is 0 Å². The first-order chi connectivity index (χ1) is 17.2. The molecule has 1 atom stereocenters. The molecule has 1 aliphatic rings. The van der Waals surface area contributed by atoms with Gasteiger partial charge in [0.2, 0.25) is 17.7 Å². The normalized spacial score (nSPS) is 17.9.